The lowest BCUT2D eigenvalue weighted by Gasteiger charge is -2.35. The van der Waals surface area contributed by atoms with Crippen LogP contribution in [0.1, 0.15) is 0 Å². The molecule has 0 radical (unpaired) electrons. The normalized spacial score (nSPS) is 11.6. The Kier molecular flexibility index (Phi) is 11.5. The average molecular weight is 1000 g/mol. The minimum Gasteiger partial charge on any atom is -0.310 e. The van der Waals surface area contributed by atoms with Gasteiger partial charge in [-0.2, -0.15) is 0 Å². The third-order valence-corrected chi connectivity index (χ3v) is 20.2. The van der Waals surface area contributed by atoms with E-state index in [1.807, 2.05) is 0 Å². The van der Waals surface area contributed by atoms with Gasteiger partial charge in [0.1, 0.15) is 0 Å². The Morgan fingerprint density at radius 2 is 0.481 bits per heavy atom. The Hall–Kier alpha value is -9.94. The van der Waals surface area contributed by atoms with Crippen LogP contribution < -0.4 is 30.5 Å². The number of anilines is 6. The van der Waals surface area contributed by atoms with Gasteiger partial charge in [0.25, 0.3) is 0 Å². The number of nitrogens with zero attached hydrogens (tertiary/aromatic N) is 4. The van der Waals surface area contributed by atoms with Gasteiger partial charge in [-0.25, -0.2) is 0 Å². The summed E-state index contributed by atoms with van der Waals surface area (Å²) in [5, 5.41) is 10.1. The SMILES string of the molecule is c1ccc(N(c2ccc([Si](c3ccccc3)(c3ccccc3)c3ccc(N(c4ccccc4)c4ccc5c(c4)c4ccccc4n5-c4ccccc4)cc3)cc2)c2ccc3c(c2)c2ccccc2n3-c2ccccc2)cc1. The summed E-state index contributed by atoms with van der Waals surface area (Å²) in [7, 11) is -2.97. The fourth-order valence-electron chi connectivity index (χ4n) is 12.1. The van der Waals surface area contributed by atoms with Gasteiger partial charge < -0.3 is 18.9 Å². The summed E-state index contributed by atoms with van der Waals surface area (Å²) in [6, 6.07) is 116. The lowest BCUT2D eigenvalue weighted by atomic mass is 10.1. The molecule has 0 aliphatic rings. The molecule has 0 saturated carbocycles. The van der Waals surface area contributed by atoms with Crippen LogP contribution in [0.3, 0.4) is 0 Å². The smallest absolute Gasteiger partial charge is 0.179 e. The molecule has 0 unspecified atom stereocenters. The van der Waals surface area contributed by atoms with Crippen molar-refractivity contribution in [2.45, 2.75) is 0 Å². The Morgan fingerprint density at radius 1 is 0.208 bits per heavy atom. The van der Waals surface area contributed by atoms with Crippen molar-refractivity contribution in [2.75, 3.05) is 9.80 Å². The lowest BCUT2D eigenvalue weighted by Crippen LogP contribution is -2.74. The second-order valence-corrected chi connectivity index (χ2v) is 23.5. The predicted molar refractivity (Wildman–Crippen MR) is 328 cm³/mol. The van der Waals surface area contributed by atoms with Gasteiger partial charge in [-0.1, -0.05) is 194 Å². The fourth-order valence-corrected chi connectivity index (χ4v) is 16.8. The number of para-hydroxylation sites is 6. The number of rotatable bonds is 12. The Morgan fingerprint density at radius 3 is 0.857 bits per heavy atom. The Bertz CT molecular complexity index is 4070. The zero-order valence-corrected chi connectivity index (χ0v) is 43.3. The second kappa shape index (κ2) is 19.4. The van der Waals surface area contributed by atoms with E-state index in [2.05, 4.69) is 334 Å². The molecule has 0 bridgehead atoms. The Balaban J connectivity index is 0.908. The van der Waals surface area contributed by atoms with Crippen molar-refractivity contribution in [2.24, 2.45) is 0 Å². The van der Waals surface area contributed by atoms with Gasteiger partial charge >= 0.3 is 0 Å². The van der Waals surface area contributed by atoms with Crippen LogP contribution in [0.4, 0.5) is 34.1 Å². The summed E-state index contributed by atoms with van der Waals surface area (Å²) in [5.41, 5.74) is 13.6. The quantitative estimate of drug-likeness (QED) is 0.0896. The van der Waals surface area contributed by atoms with E-state index in [1.165, 1.54) is 64.4 Å². The molecule has 2 heterocycles. The van der Waals surface area contributed by atoms with Gasteiger partial charge in [0.2, 0.25) is 0 Å². The fraction of sp³-hybridized carbons (Fsp3) is 0. The van der Waals surface area contributed by atoms with E-state index in [1.54, 1.807) is 0 Å². The van der Waals surface area contributed by atoms with Crippen LogP contribution in [0.15, 0.2) is 315 Å². The third kappa shape index (κ3) is 7.83. The monoisotopic (exact) mass is 1000 g/mol. The van der Waals surface area contributed by atoms with Gasteiger partial charge in [0.05, 0.1) is 22.1 Å². The molecule has 0 N–H and O–H groups in total. The molecule has 0 saturated heterocycles. The van der Waals surface area contributed by atoms with Gasteiger partial charge in [-0.15, -0.1) is 0 Å². The summed E-state index contributed by atoms with van der Waals surface area (Å²) in [4.78, 5) is 4.80. The summed E-state index contributed by atoms with van der Waals surface area (Å²) >= 11 is 0. The topological polar surface area (TPSA) is 16.3 Å². The molecule has 0 amide bonds. The Labute approximate surface area is 449 Å². The van der Waals surface area contributed by atoms with Crippen molar-refractivity contribution >= 4 is 107 Å². The van der Waals surface area contributed by atoms with Gasteiger partial charge in [-0.3, -0.25) is 0 Å². The molecule has 77 heavy (non-hydrogen) atoms. The first kappa shape index (κ1) is 45.7. The molecule has 0 aliphatic carbocycles. The van der Waals surface area contributed by atoms with Crippen molar-refractivity contribution < 1.29 is 0 Å². The average Bonchev–Trinajstić information content (AvgIpc) is 4.11. The lowest BCUT2D eigenvalue weighted by molar-refractivity contribution is 1.18. The number of benzene rings is 12. The zero-order valence-electron chi connectivity index (χ0n) is 42.3. The minimum absolute atomic E-state index is 1.09. The highest BCUT2D eigenvalue weighted by atomic mass is 28.3. The molecule has 4 nitrogen and oxygen atoms in total. The van der Waals surface area contributed by atoms with Crippen molar-refractivity contribution in [3.05, 3.63) is 315 Å². The van der Waals surface area contributed by atoms with Crippen LogP contribution in [0, 0.1) is 0 Å². The number of fused-ring (bicyclic) bond motifs is 6. The summed E-state index contributed by atoms with van der Waals surface area (Å²) in [6.07, 6.45) is 0. The second-order valence-electron chi connectivity index (χ2n) is 19.7. The highest BCUT2D eigenvalue weighted by Crippen LogP contribution is 2.42. The van der Waals surface area contributed by atoms with Crippen LogP contribution >= 0.6 is 0 Å². The van der Waals surface area contributed by atoms with Crippen LogP contribution in [-0.4, -0.2) is 17.2 Å². The van der Waals surface area contributed by atoms with Crippen LogP contribution in [0.5, 0.6) is 0 Å². The maximum absolute atomic E-state index is 2.97. The highest BCUT2D eigenvalue weighted by molar-refractivity contribution is 7.19. The van der Waals surface area contributed by atoms with Crippen LogP contribution in [0.2, 0.25) is 0 Å². The molecule has 0 aliphatic heterocycles. The third-order valence-electron chi connectivity index (χ3n) is 15.4. The van der Waals surface area contributed by atoms with Gasteiger partial charge in [0, 0.05) is 67.0 Å². The van der Waals surface area contributed by atoms with E-state index in [0.29, 0.717) is 0 Å². The van der Waals surface area contributed by atoms with Gasteiger partial charge in [-0.05, 0) is 142 Å². The molecule has 0 atom stereocenters. The molecule has 364 valence electrons. The minimum atomic E-state index is -2.97. The standard InChI is InChI=1S/C72H52N4Si/c1-7-23-53(24-8-1)73(59-43-49-71-67(51-59)65-35-19-21-37-69(65)75(71)55-27-11-3-12-28-55)57-39-45-63(46-40-57)77(61-31-15-5-16-32-61,62-33-17-6-18-34-62)64-47-41-58(42-48-64)74(54-25-9-2-10-26-54)60-44-50-72-68(52-60)66-36-20-22-38-70(66)76(72)56-29-13-4-14-30-56/h1-52H. The van der Waals surface area contributed by atoms with Crippen LogP contribution in [0.25, 0.3) is 55.0 Å². The molecule has 2 aromatic heterocycles. The van der Waals surface area contributed by atoms with Crippen molar-refractivity contribution in [1.82, 2.24) is 9.13 Å². The summed E-state index contributed by atoms with van der Waals surface area (Å²) < 4.78 is 4.76. The molecule has 0 spiro atoms. The predicted octanol–water partition coefficient (Wildman–Crippen LogP) is 16.2. The molecular weight excluding hydrogens is 949 g/mol. The number of hydrogen-bond donors (Lipinski definition) is 0. The molecule has 0 fully saturated rings. The molecular formula is C72H52N4Si. The van der Waals surface area contributed by atoms with Crippen molar-refractivity contribution in [1.29, 1.82) is 0 Å². The van der Waals surface area contributed by atoms with Gasteiger partial charge in [0.15, 0.2) is 8.07 Å². The summed E-state index contributed by atoms with van der Waals surface area (Å²) in [6.45, 7) is 0. The van der Waals surface area contributed by atoms with E-state index in [-0.39, 0.29) is 0 Å². The van der Waals surface area contributed by atoms with E-state index < -0.39 is 8.07 Å². The number of hydrogen-bond acceptors (Lipinski definition) is 2. The maximum atomic E-state index is 2.41. The number of aromatic nitrogens is 2. The zero-order chi connectivity index (χ0) is 51.1. The maximum Gasteiger partial charge on any atom is 0.179 e. The molecule has 14 aromatic rings. The molecule has 14 rings (SSSR count). The first-order valence-corrected chi connectivity index (χ1v) is 28.4. The first-order chi connectivity index (χ1) is 38.2. The largest absolute Gasteiger partial charge is 0.310 e. The summed E-state index contributed by atoms with van der Waals surface area (Å²) in [5.74, 6) is 0. The van der Waals surface area contributed by atoms with E-state index in [4.69, 9.17) is 0 Å². The van der Waals surface area contributed by atoms with Crippen molar-refractivity contribution in [3.63, 3.8) is 0 Å². The van der Waals surface area contributed by atoms with E-state index in [0.717, 1.165) is 45.5 Å². The van der Waals surface area contributed by atoms with Crippen molar-refractivity contribution in [3.8, 4) is 11.4 Å². The molecule has 5 heteroatoms. The van der Waals surface area contributed by atoms with E-state index in [9.17, 15) is 0 Å². The highest BCUT2D eigenvalue weighted by Gasteiger charge is 2.41. The molecule has 12 aromatic carbocycles. The van der Waals surface area contributed by atoms with E-state index >= 15 is 0 Å². The van der Waals surface area contributed by atoms with Crippen LogP contribution in [-0.2, 0) is 0 Å². The first-order valence-electron chi connectivity index (χ1n) is 26.4.